The minimum Gasteiger partial charge on any atom is -0.375 e. The van der Waals surface area contributed by atoms with E-state index in [4.69, 9.17) is 16.3 Å². The average molecular weight is 331 g/mol. The molecule has 4 nitrogen and oxygen atoms in total. The van der Waals surface area contributed by atoms with Crippen molar-refractivity contribution in [2.75, 3.05) is 25.0 Å². The molecule has 0 bridgehead atoms. The zero-order valence-corrected chi connectivity index (χ0v) is 13.6. The molecule has 2 aliphatic rings. The molecule has 0 unspecified atom stereocenters. The molecule has 1 N–H and O–H groups in total. The molecule has 23 heavy (non-hydrogen) atoms. The molecule has 5 heteroatoms. The van der Waals surface area contributed by atoms with Gasteiger partial charge in [0, 0.05) is 28.9 Å². The number of halogens is 1. The molecule has 2 aromatic carbocycles. The van der Waals surface area contributed by atoms with Crippen molar-refractivity contribution in [3.8, 4) is 0 Å². The van der Waals surface area contributed by atoms with E-state index < -0.39 is 0 Å². The number of amides is 2. The minimum absolute atomic E-state index is 0.0494. The number of nitrogens with zero attached hydrogens (tertiary/aromatic N) is 1. The van der Waals surface area contributed by atoms with Crippen LogP contribution in [0.5, 0.6) is 0 Å². The topological polar surface area (TPSA) is 41.6 Å². The van der Waals surface area contributed by atoms with Crippen molar-refractivity contribution in [2.45, 2.75) is 24.9 Å². The lowest BCUT2D eigenvalue weighted by Crippen LogP contribution is -2.54. The van der Waals surface area contributed by atoms with Gasteiger partial charge in [-0.05, 0) is 31.4 Å². The molecule has 4 rings (SSSR count). The Morgan fingerprint density at radius 1 is 1.09 bits per heavy atom. The van der Waals surface area contributed by atoms with Gasteiger partial charge in [0.15, 0.2) is 0 Å². The van der Waals surface area contributed by atoms with Crippen molar-refractivity contribution in [3.05, 3.63) is 41.4 Å². The SMILES string of the molecule is O=C(Nc1ccc(Cl)c2ccccc12)N1CCC2(CCO2)CC1. The van der Waals surface area contributed by atoms with Gasteiger partial charge in [-0.1, -0.05) is 35.9 Å². The van der Waals surface area contributed by atoms with E-state index in [0.29, 0.717) is 5.02 Å². The van der Waals surface area contributed by atoms with E-state index in [1.807, 2.05) is 41.3 Å². The molecule has 2 saturated heterocycles. The van der Waals surface area contributed by atoms with Crippen molar-refractivity contribution in [3.63, 3.8) is 0 Å². The van der Waals surface area contributed by atoms with Gasteiger partial charge in [0.05, 0.1) is 17.9 Å². The molecule has 120 valence electrons. The second-order valence-corrected chi connectivity index (χ2v) is 6.75. The normalized spacial score (nSPS) is 19.6. The van der Waals surface area contributed by atoms with Crippen LogP contribution in [-0.2, 0) is 4.74 Å². The third-order valence-electron chi connectivity index (χ3n) is 5.04. The first-order valence-corrected chi connectivity index (χ1v) is 8.42. The number of fused-ring (bicyclic) bond motifs is 1. The number of likely N-dealkylation sites (tertiary alicyclic amines) is 1. The second kappa shape index (κ2) is 5.69. The molecule has 0 aliphatic carbocycles. The first-order valence-electron chi connectivity index (χ1n) is 8.04. The highest BCUT2D eigenvalue weighted by atomic mass is 35.5. The molecule has 2 amide bonds. The summed E-state index contributed by atoms with van der Waals surface area (Å²) in [5.41, 5.74) is 0.860. The molecular weight excluding hydrogens is 312 g/mol. The van der Waals surface area contributed by atoms with Crippen LogP contribution < -0.4 is 5.32 Å². The van der Waals surface area contributed by atoms with Gasteiger partial charge in [0.25, 0.3) is 0 Å². The summed E-state index contributed by atoms with van der Waals surface area (Å²) in [6, 6.07) is 11.5. The van der Waals surface area contributed by atoms with Crippen LogP contribution in [0.1, 0.15) is 19.3 Å². The molecule has 0 aromatic heterocycles. The van der Waals surface area contributed by atoms with Gasteiger partial charge in [-0.15, -0.1) is 0 Å². The summed E-state index contributed by atoms with van der Waals surface area (Å²) in [7, 11) is 0. The Balaban J connectivity index is 1.50. The number of carbonyl (C=O) groups excluding carboxylic acids is 1. The number of nitrogens with one attached hydrogen (secondary N) is 1. The highest BCUT2D eigenvalue weighted by Crippen LogP contribution is 2.37. The Kier molecular flexibility index (Phi) is 3.66. The van der Waals surface area contributed by atoms with Crippen LogP contribution >= 0.6 is 11.6 Å². The quantitative estimate of drug-likeness (QED) is 0.848. The summed E-state index contributed by atoms with van der Waals surface area (Å²) in [6.45, 7) is 2.36. The highest BCUT2D eigenvalue weighted by Gasteiger charge is 2.41. The smallest absolute Gasteiger partial charge is 0.321 e. The first kappa shape index (κ1) is 14.8. The van der Waals surface area contributed by atoms with Crippen LogP contribution in [0, 0.1) is 0 Å². The summed E-state index contributed by atoms with van der Waals surface area (Å²) in [4.78, 5) is 14.4. The van der Waals surface area contributed by atoms with E-state index >= 15 is 0 Å². The maximum atomic E-state index is 12.6. The summed E-state index contributed by atoms with van der Waals surface area (Å²) in [5.74, 6) is 0. The van der Waals surface area contributed by atoms with Gasteiger partial charge in [0.1, 0.15) is 0 Å². The number of hydrogen-bond acceptors (Lipinski definition) is 2. The van der Waals surface area contributed by atoms with Crippen molar-refractivity contribution in [1.82, 2.24) is 4.90 Å². The van der Waals surface area contributed by atoms with Gasteiger partial charge in [-0.2, -0.15) is 0 Å². The van der Waals surface area contributed by atoms with Crippen LogP contribution in [0.4, 0.5) is 10.5 Å². The third kappa shape index (κ3) is 2.66. The number of carbonyl (C=O) groups is 1. The summed E-state index contributed by atoms with van der Waals surface area (Å²) in [5, 5.41) is 5.64. The molecule has 1 spiro atoms. The van der Waals surface area contributed by atoms with Crippen LogP contribution in [0.3, 0.4) is 0 Å². The van der Waals surface area contributed by atoms with Crippen molar-refractivity contribution in [1.29, 1.82) is 0 Å². The Morgan fingerprint density at radius 2 is 1.78 bits per heavy atom. The first-order chi connectivity index (χ1) is 11.2. The molecule has 0 atom stereocenters. The number of urea groups is 1. The summed E-state index contributed by atoms with van der Waals surface area (Å²) < 4.78 is 5.70. The number of rotatable bonds is 1. The average Bonchev–Trinajstić information content (AvgIpc) is 2.56. The van der Waals surface area contributed by atoms with E-state index in [1.165, 1.54) is 0 Å². The summed E-state index contributed by atoms with van der Waals surface area (Å²) in [6.07, 6.45) is 2.99. The van der Waals surface area contributed by atoms with Crippen molar-refractivity contribution >= 4 is 34.1 Å². The number of ether oxygens (including phenoxy) is 1. The Labute approximate surface area is 140 Å². The van der Waals surface area contributed by atoms with E-state index in [-0.39, 0.29) is 11.6 Å². The van der Waals surface area contributed by atoms with Gasteiger partial charge in [0.2, 0.25) is 0 Å². The molecular formula is C18H19ClN2O2. The molecule has 2 fully saturated rings. The predicted octanol–water partition coefficient (Wildman–Crippen LogP) is 4.28. The van der Waals surface area contributed by atoms with Crippen molar-refractivity contribution < 1.29 is 9.53 Å². The van der Waals surface area contributed by atoms with E-state index in [2.05, 4.69) is 5.32 Å². The number of benzene rings is 2. The second-order valence-electron chi connectivity index (χ2n) is 6.34. The lowest BCUT2D eigenvalue weighted by atomic mass is 9.84. The zero-order chi connectivity index (χ0) is 15.9. The minimum atomic E-state index is -0.0494. The monoisotopic (exact) mass is 330 g/mol. The zero-order valence-electron chi connectivity index (χ0n) is 12.8. The Bertz CT molecular complexity index is 748. The molecule has 2 aliphatic heterocycles. The molecule has 0 radical (unpaired) electrons. The van der Waals surface area contributed by atoms with Crippen LogP contribution in [0.15, 0.2) is 36.4 Å². The van der Waals surface area contributed by atoms with E-state index in [0.717, 1.165) is 55.4 Å². The fourth-order valence-electron chi connectivity index (χ4n) is 3.47. The summed E-state index contributed by atoms with van der Waals surface area (Å²) >= 11 is 6.23. The molecule has 2 heterocycles. The third-order valence-corrected chi connectivity index (χ3v) is 5.37. The fraction of sp³-hybridized carbons (Fsp3) is 0.389. The van der Waals surface area contributed by atoms with Gasteiger partial charge < -0.3 is 15.0 Å². The number of anilines is 1. The lowest BCUT2D eigenvalue weighted by Gasteiger charge is -2.47. The van der Waals surface area contributed by atoms with Gasteiger partial charge >= 0.3 is 6.03 Å². The van der Waals surface area contributed by atoms with Crippen molar-refractivity contribution in [2.24, 2.45) is 0 Å². The maximum Gasteiger partial charge on any atom is 0.321 e. The largest absolute Gasteiger partial charge is 0.375 e. The maximum absolute atomic E-state index is 12.6. The Hall–Kier alpha value is -1.78. The van der Waals surface area contributed by atoms with Crippen LogP contribution in [0.2, 0.25) is 5.02 Å². The number of piperidine rings is 1. The molecule has 2 aromatic rings. The Morgan fingerprint density at radius 3 is 2.43 bits per heavy atom. The molecule has 0 saturated carbocycles. The standard InChI is InChI=1S/C18H19ClN2O2/c19-15-5-6-16(14-4-2-1-3-13(14)15)20-17(22)21-10-7-18(8-11-21)9-12-23-18/h1-6H,7-12H2,(H,20,22). The highest BCUT2D eigenvalue weighted by molar-refractivity contribution is 6.36. The van der Waals surface area contributed by atoms with Crippen LogP contribution in [-0.4, -0.2) is 36.2 Å². The van der Waals surface area contributed by atoms with Gasteiger partial charge in [-0.25, -0.2) is 4.79 Å². The van der Waals surface area contributed by atoms with E-state index in [1.54, 1.807) is 0 Å². The van der Waals surface area contributed by atoms with Crippen LogP contribution in [0.25, 0.3) is 10.8 Å². The fourth-order valence-corrected chi connectivity index (χ4v) is 3.70. The lowest BCUT2D eigenvalue weighted by molar-refractivity contribution is -0.168. The predicted molar refractivity (Wildman–Crippen MR) is 92.1 cm³/mol. The van der Waals surface area contributed by atoms with E-state index in [9.17, 15) is 4.79 Å². The van der Waals surface area contributed by atoms with Gasteiger partial charge in [-0.3, -0.25) is 0 Å². The number of hydrogen-bond donors (Lipinski definition) is 1.